The summed E-state index contributed by atoms with van der Waals surface area (Å²) in [6, 6.07) is 22.4. The second-order valence-electron chi connectivity index (χ2n) is 6.90. The molecule has 0 aromatic heterocycles. The molecule has 0 bridgehead atoms. The lowest BCUT2D eigenvalue weighted by molar-refractivity contribution is -0.128. The van der Waals surface area contributed by atoms with Crippen LogP contribution in [0.1, 0.15) is 26.9 Å². The molecule has 3 aromatic carbocycles. The van der Waals surface area contributed by atoms with Gasteiger partial charge in [0.2, 0.25) is 5.91 Å². The zero-order valence-corrected chi connectivity index (χ0v) is 19.0. The lowest BCUT2D eigenvalue weighted by Crippen LogP contribution is -2.27. The molecule has 4 nitrogen and oxygen atoms in total. The van der Waals surface area contributed by atoms with Crippen molar-refractivity contribution in [1.29, 1.82) is 0 Å². The van der Waals surface area contributed by atoms with Crippen molar-refractivity contribution in [2.45, 2.75) is 11.9 Å². The number of nitrogens with one attached hydrogen (secondary N) is 1. The highest BCUT2D eigenvalue weighted by molar-refractivity contribution is 9.10. The smallest absolute Gasteiger partial charge is 0.255 e. The molecule has 3 aromatic rings. The van der Waals surface area contributed by atoms with Crippen LogP contribution in [0.4, 0.5) is 5.69 Å². The summed E-state index contributed by atoms with van der Waals surface area (Å²) >= 11 is 11.0. The predicted octanol–water partition coefficient (Wildman–Crippen LogP) is 6.13. The van der Waals surface area contributed by atoms with Crippen molar-refractivity contribution in [3.05, 3.63) is 99.0 Å². The first kappa shape index (κ1) is 21.0. The van der Waals surface area contributed by atoms with Gasteiger partial charge in [-0.3, -0.25) is 9.59 Å². The zero-order valence-electron chi connectivity index (χ0n) is 15.8. The van der Waals surface area contributed by atoms with Gasteiger partial charge < -0.3 is 10.2 Å². The van der Waals surface area contributed by atoms with Gasteiger partial charge in [0, 0.05) is 27.3 Å². The maximum absolute atomic E-state index is 12.5. The van der Waals surface area contributed by atoms with Crippen LogP contribution in [-0.4, -0.2) is 22.5 Å². The van der Waals surface area contributed by atoms with Crippen LogP contribution in [0.3, 0.4) is 0 Å². The van der Waals surface area contributed by atoms with E-state index in [1.54, 1.807) is 23.9 Å². The van der Waals surface area contributed by atoms with Crippen molar-refractivity contribution in [2.24, 2.45) is 0 Å². The molecule has 152 valence electrons. The lowest BCUT2D eigenvalue weighted by Gasteiger charge is -2.24. The van der Waals surface area contributed by atoms with Gasteiger partial charge >= 0.3 is 0 Å². The van der Waals surface area contributed by atoms with Crippen LogP contribution in [0.2, 0.25) is 5.02 Å². The number of hydrogen-bond donors (Lipinski definition) is 1. The van der Waals surface area contributed by atoms with Crippen LogP contribution in [0.15, 0.2) is 77.3 Å². The molecular formula is C23H18BrClN2O2S. The van der Waals surface area contributed by atoms with Gasteiger partial charge in [-0.15, -0.1) is 11.8 Å². The molecule has 0 unspecified atom stereocenters. The first-order valence-corrected chi connectivity index (χ1v) is 11.5. The first-order chi connectivity index (χ1) is 14.5. The maximum atomic E-state index is 12.5. The fourth-order valence-electron chi connectivity index (χ4n) is 3.26. The SMILES string of the molecule is O=C(Nc1cccc(Br)c1)c1ccc([C@H]2SCC(=O)N2Cc2ccc(Cl)cc2)cc1. The number of rotatable bonds is 5. The Bertz CT molecular complexity index is 1070. The van der Waals surface area contributed by atoms with Crippen molar-refractivity contribution >= 4 is 56.8 Å². The van der Waals surface area contributed by atoms with E-state index in [1.165, 1.54) is 0 Å². The molecule has 1 atom stereocenters. The number of amides is 2. The summed E-state index contributed by atoms with van der Waals surface area (Å²) in [5, 5.41) is 3.49. The summed E-state index contributed by atoms with van der Waals surface area (Å²) in [6.45, 7) is 0.527. The minimum atomic E-state index is -0.173. The Balaban J connectivity index is 1.47. The third kappa shape index (κ3) is 4.89. The van der Waals surface area contributed by atoms with Crippen LogP contribution in [0.25, 0.3) is 0 Å². The Labute approximate surface area is 192 Å². The average Bonchev–Trinajstić information content (AvgIpc) is 3.10. The third-order valence-electron chi connectivity index (χ3n) is 4.77. The maximum Gasteiger partial charge on any atom is 0.255 e. The topological polar surface area (TPSA) is 49.4 Å². The van der Waals surface area contributed by atoms with Gasteiger partial charge in [0.1, 0.15) is 5.37 Å². The summed E-state index contributed by atoms with van der Waals surface area (Å²) in [5.41, 5.74) is 3.32. The van der Waals surface area contributed by atoms with Crippen LogP contribution in [-0.2, 0) is 11.3 Å². The minimum Gasteiger partial charge on any atom is -0.322 e. The quantitative estimate of drug-likeness (QED) is 0.457. The van der Waals surface area contributed by atoms with E-state index in [9.17, 15) is 9.59 Å². The largest absolute Gasteiger partial charge is 0.322 e. The number of carbonyl (C=O) groups is 2. The van der Waals surface area contributed by atoms with Gasteiger partial charge in [-0.25, -0.2) is 0 Å². The van der Waals surface area contributed by atoms with Gasteiger partial charge in [0.25, 0.3) is 5.91 Å². The van der Waals surface area contributed by atoms with Gasteiger partial charge in [0.15, 0.2) is 0 Å². The highest BCUT2D eigenvalue weighted by Gasteiger charge is 2.32. The molecule has 2 amide bonds. The molecule has 1 heterocycles. The predicted molar refractivity (Wildman–Crippen MR) is 126 cm³/mol. The van der Waals surface area contributed by atoms with Crippen LogP contribution in [0.5, 0.6) is 0 Å². The van der Waals surface area contributed by atoms with Crippen LogP contribution in [0, 0.1) is 0 Å². The Hall–Kier alpha value is -2.28. The lowest BCUT2D eigenvalue weighted by atomic mass is 10.1. The van der Waals surface area contributed by atoms with Crippen LogP contribution < -0.4 is 5.32 Å². The second kappa shape index (κ2) is 9.25. The molecule has 0 spiro atoms. The highest BCUT2D eigenvalue weighted by atomic mass is 79.9. The fraction of sp³-hybridized carbons (Fsp3) is 0.130. The number of halogens is 2. The van der Waals surface area contributed by atoms with E-state index in [0.29, 0.717) is 22.9 Å². The van der Waals surface area contributed by atoms with Gasteiger partial charge in [-0.05, 0) is 53.6 Å². The zero-order chi connectivity index (χ0) is 21.1. The van der Waals surface area contributed by atoms with E-state index in [4.69, 9.17) is 11.6 Å². The van der Waals surface area contributed by atoms with E-state index in [0.717, 1.165) is 21.3 Å². The van der Waals surface area contributed by atoms with Crippen molar-refractivity contribution in [1.82, 2.24) is 4.90 Å². The molecule has 4 rings (SSSR count). The number of benzene rings is 3. The van der Waals surface area contributed by atoms with Crippen molar-refractivity contribution in [3.8, 4) is 0 Å². The van der Waals surface area contributed by atoms with Gasteiger partial charge in [0.05, 0.1) is 5.75 Å². The monoisotopic (exact) mass is 500 g/mol. The molecule has 30 heavy (non-hydrogen) atoms. The standard InChI is InChI=1S/C23H18BrClN2O2S/c24-18-2-1-3-20(12-18)26-22(29)16-6-8-17(9-7-16)23-27(21(28)14-30-23)13-15-4-10-19(25)11-5-15/h1-12,23H,13-14H2,(H,26,29)/t23-/m1/s1. The fourth-order valence-corrected chi connectivity index (χ4v) is 4.97. The van der Waals surface area contributed by atoms with E-state index < -0.39 is 0 Å². The molecule has 1 fully saturated rings. The first-order valence-electron chi connectivity index (χ1n) is 9.32. The van der Waals surface area contributed by atoms with Crippen molar-refractivity contribution < 1.29 is 9.59 Å². The molecule has 0 aliphatic carbocycles. The number of hydrogen-bond acceptors (Lipinski definition) is 3. The summed E-state index contributed by atoms with van der Waals surface area (Å²) < 4.78 is 0.902. The molecule has 1 N–H and O–H groups in total. The molecular weight excluding hydrogens is 484 g/mol. The number of anilines is 1. The number of nitrogens with zero attached hydrogens (tertiary/aromatic N) is 1. The Morgan fingerprint density at radius 3 is 2.53 bits per heavy atom. The molecule has 7 heteroatoms. The molecule has 1 aliphatic heterocycles. The number of thioether (sulfide) groups is 1. The summed E-state index contributed by atoms with van der Waals surface area (Å²) in [5.74, 6) is 0.382. The van der Waals surface area contributed by atoms with Crippen LogP contribution >= 0.6 is 39.3 Å². The Morgan fingerprint density at radius 2 is 1.83 bits per heavy atom. The Kier molecular flexibility index (Phi) is 6.46. The highest BCUT2D eigenvalue weighted by Crippen LogP contribution is 2.39. The molecule has 1 aliphatic rings. The summed E-state index contributed by atoms with van der Waals surface area (Å²) in [4.78, 5) is 26.8. The van der Waals surface area contributed by atoms with Crippen molar-refractivity contribution in [3.63, 3.8) is 0 Å². The molecule has 0 saturated carbocycles. The van der Waals surface area contributed by atoms with Crippen molar-refractivity contribution in [2.75, 3.05) is 11.1 Å². The Morgan fingerprint density at radius 1 is 1.10 bits per heavy atom. The van der Waals surface area contributed by atoms with Gasteiger partial charge in [-0.2, -0.15) is 0 Å². The number of carbonyl (C=O) groups excluding carboxylic acids is 2. The molecule has 1 saturated heterocycles. The summed E-state index contributed by atoms with van der Waals surface area (Å²) in [6.07, 6.45) is 0. The van der Waals surface area contributed by atoms with E-state index in [1.807, 2.05) is 65.6 Å². The summed E-state index contributed by atoms with van der Waals surface area (Å²) in [7, 11) is 0. The van der Waals surface area contributed by atoms with E-state index in [2.05, 4.69) is 21.2 Å². The second-order valence-corrected chi connectivity index (χ2v) is 9.32. The van der Waals surface area contributed by atoms with E-state index >= 15 is 0 Å². The van der Waals surface area contributed by atoms with Gasteiger partial charge in [-0.1, -0.05) is 57.9 Å². The molecule has 0 radical (unpaired) electrons. The third-order valence-corrected chi connectivity index (χ3v) is 6.78. The normalized spacial score (nSPS) is 16.0. The minimum absolute atomic E-state index is 0.0737. The average molecular weight is 502 g/mol. The van der Waals surface area contributed by atoms with E-state index in [-0.39, 0.29) is 17.2 Å².